The number of nitrogens with zero attached hydrogens (tertiary/aromatic N) is 2. The number of ether oxygens (including phenoxy) is 1. The molecule has 0 saturated heterocycles. The summed E-state index contributed by atoms with van der Waals surface area (Å²) in [5.41, 5.74) is 2.04. The number of halogens is 1. The molecule has 1 heterocycles. The van der Waals surface area contributed by atoms with Gasteiger partial charge in [0.05, 0.1) is 29.9 Å². The average molecular weight is 594 g/mol. The summed E-state index contributed by atoms with van der Waals surface area (Å²) in [5, 5.41) is 8.61. The minimum Gasteiger partial charge on any atom is -0.495 e. The first-order chi connectivity index (χ1) is 17.3. The number of carbonyl (C=O) groups excluding carboxylic acids is 1. The number of carbonyl (C=O) groups is 1. The lowest BCUT2D eigenvalue weighted by Gasteiger charge is -2.33. The van der Waals surface area contributed by atoms with Gasteiger partial charge in [-0.2, -0.15) is 4.31 Å². The number of nitrogens with one attached hydrogen (secondary N) is 2. The number of anilines is 2. The molecule has 0 atom stereocenters. The number of methoxy groups -OCH3 is 1. The Morgan fingerprint density at radius 3 is 2.53 bits per heavy atom. The predicted octanol–water partition coefficient (Wildman–Crippen LogP) is 5.59. The van der Waals surface area contributed by atoms with Gasteiger partial charge in [-0.1, -0.05) is 35.2 Å². The standard InChI is InChI=1S/C25H29BrN4O4S2/c1-27-25-29-22(16-35-25)17-8-13-23(34-2)21(14-17)28-24(31)15-30(19-6-4-3-5-7-19)36(32,33)20-11-9-18(26)10-12-20/h8-14,16,19H,3-7,15H2,1-2H3,(H,27,29)(H,28,31). The molecular formula is C25H29BrN4O4S2. The zero-order valence-corrected chi connectivity index (χ0v) is 23.4. The fourth-order valence-electron chi connectivity index (χ4n) is 4.34. The van der Waals surface area contributed by atoms with Crippen LogP contribution in [-0.2, 0) is 14.8 Å². The van der Waals surface area contributed by atoms with Crippen LogP contribution < -0.4 is 15.4 Å². The first-order valence-electron chi connectivity index (χ1n) is 11.7. The van der Waals surface area contributed by atoms with Crippen LogP contribution in [0.4, 0.5) is 10.8 Å². The highest BCUT2D eigenvalue weighted by Crippen LogP contribution is 2.33. The van der Waals surface area contributed by atoms with E-state index in [2.05, 4.69) is 31.5 Å². The molecule has 0 radical (unpaired) electrons. The summed E-state index contributed by atoms with van der Waals surface area (Å²) in [6.07, 6.45) is 4.43. The van der Waals surface area contributed by atoms with Crippen molar-refractivity contribution in [3.63, 3.8) is 0 Å². The Hall–Kier alpha value is -2.47. The molecule has 0 aliphatic heterocycles. The number of amides is 1. The quantitative estimate of drug-likeness (QED) is 0.336. The van der Waals surface area contributed by atoms with Crippen LogP contribution in [0.1, 0.15) is 32.1 Å². The molecular weight excluding hydrogens is 564 g/mol. The second-order valence-electron chi connectivity index (χ2n) is 8.55. The summed E-state index contributed by atoms with van der Waals surface area (Å²) in [4.78, 5) is 18.0. The molecule has 0 spiro atoms. The van der Waals surface area contributed by atoms with Crippen LogP contribution in [0.5, 0.6) is 5.75 Å². The molecule has 192 valence electrons. The summed E-state index contributed by atoms with van der Waals surface area (Å²) in [7, 11) is -0.532. The van der Waals surface area contributed by atoms with E-state index in [1.165, 1.54) is 22.8 Å². The van der Waals surface area contributed by atoms with Crippen LogP contribution in [0.15, 0.2) is 57.2 Å². The van der Waals surface area contributed by atoms with E-state index in [0.717, 1.165) is 53.0 Å². The van der Waals surface area contributed by atoms with Crippen molar-refractivity contribution >= 4 is 54.0 Å². The number of thiazole rings is 1. The topological polar surface area (TPSA) is 101 Å². The summed E-state index contributed by atoms with van der Waals surface area (Å²) >= 11 is 4.84. The Balaban J connectivity index is 1.60. The lowest BCUT2D eigenvalue weighted by Crippen LogP contribution is -2.45. The van der Waals surface area contributed by atoms with Crippen molar-refractivity contribution in [3.8, 4) is 17.0 Å². The third-order valence-electron chi connectivity index (χ3n) is 6.19. The Kier molecular flexibility index (Phi) is 8.66. The molecule has 8 nitrogen and oxygen atoms in total. The zero-order chi connectivity index (χ0) is 25.7. The molecule has 0 bridgehead atoms. The van der Waals surface area contributed by atoms with Gasteiger partial charge >= 0.3 is 0 Å². The van der Waals surface area contributed by atoms with Gasteiger partial charge < -0.3 is 15.4 Å². The molecule has 1 saturated carbocycles. The lowest BCUT2D eigenvalue weighted by atomic mass is 9.95. The van der Waals surface area contributed by atoms with Gasteiger partial charge in [0.2, 0.25) is 15.9 Å². The van der Waals surface area contributed by atoms with Gasteiger partial charge in [0.15, 0.2) is 5.13 Å². The maximum atomic E-state index is 13.6. The van der Waals surface area contributed by atoms with Crippen LogP contribution in [0, 0.1) is 0 Å². The van der Waals surface area contributed by atoms with E-state index >= 15 is 0 Å². The second kappa shape index (κ2) is 11.7. The molecule has 1 aliphatic rings. The second-order valence-corrected chi connectivity index (χ2v) is 12.2. The van der Waals surface area contributed by atoms with Crippen molar-refractivity contribution in [1.29, 1.82) is 0 Å². The largest absolute Gasteiger partial charge is 0.495 e. The first kappa shape index (κ1) is 26.6. The predicted molar refractivity (Wildman–Crippen MR) is 147 cm³/mol. The fourth-order valence-corrected chi connectivity index (χ4v) is 6.93. The molecule has 0 unspecified atom stereocenters. The van der Waals surface area contributed by atoms with Crippen molar-refractivity contribution < 1.29 is 17.9 Å². The van der Waals surface area contributed by atoms with E-state index in [0.29, 0.717) is 11.4 Å². The Labute approximate surface area is 224 Å². The van der Waals surface area contributed by atoms with E-state index in [9.17, 15) is 13.2 Å². The molecule has 1 fully saturated rings. The summed E-state index contributed by atoms with van der Waals surface area (Å²) in [6.45, 7) is -0.281. The van der Waals surface area contributed by atoms with Crippen molar-refractivity contribution in [2.24, 2.45) is 0 Å². The fraction of sp³-hybridized carbons (Fsp3) is 0.360. The highest BCUT2D eigenvalue weighted by molar-refractivity contribution is 9.10. The van der Waals surface area contributed by atoms with E-state index in [4.69, 9.17) is 4.74 Å². The van der Waals surface area contributed by atoms with E-state index < -0.39 is 15.9 Å². The Morgan fingerprint density at radius 2 is 1.89 bits per heavy atom. The first-order valence-corrected chi connectivity index (χ1v) is 14.8. The summed E-state index contributed by atoms with van der Waals surface area (Å²) in [5.74, 6) is 0.0575. The van der Waals surface area contributed by atoms with Gasteiger partial charge in [0.25, 0.3) is 0 Å². The number of benzene rings is 2. The van der Waals surface area contributed by atoms with Crippen molar-refractivity contribution in [2.75, 3.05) is 31.3 Å². The summed E-state index contributed by atoms with van der Waals surface area (Å²) in [6, 6.07) is 11.7. The molecule has 1 aromatic heterocycles. The summed E-state index contributed by atoms with van der Waals surface area (Å²) < 4.78 is 34.8. The monoisotopic (exact) mass is 592 g/mol. The highest BCUT2D eigenvalue weighted by atomic mass is 79.9. The highest BCUT2D eigenvalue weighted by Gasteiger charge is 2.34. The molecule has 4 rings (SSSR count). The van der Waals surface area contributed by atoms with Crippen molar-refractivity contribution in [1.82, 2.24) is 9.29 Å². The van der Waals surface area contributed by atoms with Crippen LogP contribution in [0.3, 0.4) is 0 Å². The molecule has 2 aromatic carbocycles. The lowest BCUT2D eigenvalue weighted by molar-refractivity contribution is -0.116. The van der Waals surface area contributed by atoms with Crippen LogP contribution in [0.2, 0.25) is 0 Å². The van der Waals surface area contributed by atoms with Crippen LogP contribution in [-0.4, -0.2) is 50.4 Å². The Morgan fingerprint density at radius 1 is 1.17 bits per heavy atom. The van der Waals surface area contributed by atoms with Crippen LogP contribution >= 0.6 is 27.3 Å². The van der Waals surface area contributed by atoms with Gasteiger partial charge in [0, 0.05) is 28.5 Å². The minimum absolute atomic E-state index is 0.174. The van der Waals surface area contributed by atoms with Gasteiger partial charge in [-0.25, -0.2) is 13.4 Å². The number of hydrogen-bond donors (Lipinski definition) is 2. The van der Waals surface area contributed by atoms with E-state index in [1.807, 2.05) is 18.5 Å². The van der Waals surface area contributed by atoms with Gasteiger partial charge in [-0.3, -0.25) is 4.79 Å². The number of hydrogen-bond acceptors (Lipinski definition) is 7. The van der Waals surface area contributed by atoms with Crippen molar-refractivity contribution in [3.05, 3.63) is 52.3 Å². The molecule has 1 amide bonds. The van der Waals surface area contributed by atoms with Gasteiger partial charge in [-0.15, -0.1) is 11.3 Å². The average Bonchev–Trinajstić information content (AvgIpc) is 3.37. The maximum absolute atomic E-state index is 13.6. The minimum atomic E-state index is -3.87. The normalized spacial score (nSPS) is 14.6. The van der Waals surface area contributed by atoms with Gasteiger partial charge in [-0.05, 0) is 55.3 Å². The molecule has 3 aromatic rings. The number of sulfonamides is 1. The molecule has 1 aliphatic carbocycles. The third kappa shape index (κ3) is 6.08. The van der Waals surface area contributed by atoms with Gasteiger partial charge in [0.1, 0.15) is 5.75 Å². The molecule has 36 heavy (non-hydrogen) atoms. The smallest absolute Gasteiger partial charge is 0.243 e. The number of rotatable bonds is 9. The Bertz CT molecular complexity index is 1310. The molecule has 2 N–H and O–H groups in total. The SMILES string of the molecule is CNc1nc(-c2ccc(OC)c(NC(=O)CN(C3CCCCC3)S(=O)(=O)c3ccc(Br)cc3)c2)cs1. The van der Waals surface area contributed by atoms with E-state index in [-0.39, 0.29) is 17.5 Å². The number of aromatic nitrogens is 1. The maximum Gasteiger partial charge on any atom is 0.243 e. The van der Waals surface area contributed by atoms with Crippen molar-refractivity contribution in [2.45, 2.75) is 43.0 Å². The molecule has 11 heteroatoms. The third-order valence-corrected chi connectivity index (χ3v) is 9.49. The van der Waals surface area contributed by atoms with Crippen LogP contribution in [0.25, 0.3) is 11.3 Å². The van der Waals surface area contributed by atoms with E-state index in [1.54, 1.807) is 36.4 Å². The zero-order valence-electron chi connectivity index (χ0n) is 20.2.